The fraction of sp³-hybridized carbons (Fsp3) is 0.417. The van der Waals surface area contributed by atoms with E-state index in [9.17, 15) is 18.0 Å². The third-order valence-corrected chi connectivity index (χ3v) is 2.87. The molecule has 0 aliphatic carbocycles. The summed E-state index contributed by atoms with van der Waals surface area (Å²) < 4.78 is 42.1. The molecule has 0 heterocycles. The molecule has 0 aromatic heterocycles. The van der Waals surface area contributed by atoms with Gasteiger partial charge >= 0.3 is 12.1 Å². The maximum atomic E-state index is 12.5. The van der Waals surface area contributed by atoms with Crippen LogP contribution in [0.15, 0.2) is 18.2 Å². The number of ether oxygens (including phenoxy) is 1. The molecule has 2 nitrogen and oxygen atoms in total. The lowest BCUT2D eigenvalue weighted by Crippen LogP contribution is -2.16. The zero-order chi connectivity index (χ0) is 13.9. The Balaban J connectivity index is 2.98. The Morgan fingerprint density at radius 2 is 2.06 bits per heavy atom. The van der Waals surface area contributed by atoms with Gasteiger partial charge in [0.2, 0.25) is 0 Å². The van der Waals surface area contributed by atoms with Gasteiger partial charge in [0.25, 0.3) is 0 Å². The molecule has 1 unspecified atom stereocenters. The van der Waals surface area contributed by atoms with E-state index >= 15 is 0 Å². The standard InChI is InChI=1S/C12H12ClF3O2/c1-7(11(17)18-2)5-8-6-9(12(14,15)16)3-4-10(8)13/h3-4,6-7H,5H2,1-2H3. The van der Waals surface area contributed by atoms with Gasteiger partial charge in [0.15, 0.2) is 0 Å². The molecule has 18 heavy (non-hydrogen) atoms. The first-order chi connectivity index (χ1) is 8.25. The summed E-state index contributed by atoms with van der Waals surface area (Å²) in [4.78, 5) is 11.2. The molecule has 1 rings (SSSR count). The molecule has 1 aromatic rings. The molecule has 0 saturated heterocycles. The van der Waals surface area contributed by atoms with Crippen molar-refractivity contribution in [3.63, 3.8) is 0 Å². The van der Waals surface area contributed by atoms with E-state index in [-0.39, 0.29) is 17.0 Å². The van der Waals surface area contributed by atoms with E-state index in [2.05, 4.69) is 4.74 Å². The van der Waals surface area contributed by atoms with Gasteiger partial charge in [0.1, 0.15) is 0 Å². The SMILES string of the molecule is COC(=O)C(C)Cc1cc(C(F)(F)F)ccc1Cl. The summed E-state index contributed by atoms with van der Waals surface area (Å²) in [5.41, 5.74) is -0.497. The number of rotatable bonds is 3. The van der Waals surface area contributed by atoms with Crippen molar-refractivity contribution in [3.05, 3.63) is 34.3 Å². The van der Waals surface area contributed by atoms with E-state index in [0.717, 1.165) is 12.1 Å². The van der Waals surface area contributed by atoms with Crippen molar-refractivity contribution in [3.8, 4) is 0 Å². The summed E-state index contributed by atoms with van der Waals surface area (Å²) in [5, 5.41) is 0.207. The maximum Gasteiger partial charge on any atom is 0.416 e. The molecule has 0 aliphatic rings. The molecule has 0 amide bonds. The highest BCUT2D eigenvalue weighted by Crippen LogP contribution is 2.32. The van der Waals surface area contributed by atoms with Gasteiger partial charge in [0.05, 0.1) is 18.6 Å². The molecule has 0 fully saturated rings. The van der Waals surface area contributed by atoms with Crippen LogP contribution in [0.25, 0.3) is 0 Å². The summed E-state index contributed by atoms with van der Waals surface area (Å²) in [7, 11) is 1.23. The van der Waals surface area contributed by atoms with Crippen LogP contribution in [-0.4, -0.2) is 13.1 Å². The van der Waals surface area contributed by atoms with E-state index in [1.807, 2.05) is 0 Å². The third-order valence-electron chi connectivity index (χ3n) is 2.50. The van der Waals surface area contributed by atoms with Crippen LogP contribution in [0, 0.1) is 5.92 Å². The van der Waals surface area contributed by atoms with E-state index in [4.69, 9.17) is 11.6 Å². The van der Waals surface area contributed by atoms with Gasteiger partial charge in [-0.2, -0.15) is 13.2 Å². The first-order valence-electron chi connectivity index (χ1n) is 5.19. The quantitative estimate of drug-likeness (QED) is 0.789. The molecule has 1 atom stereocenters. The summed E-state index contributed by atoms with van der Waals surface area (Å²) in [6.45, 7) is 1.57. The fourth-order valence-corrected chi connectivity index (χ4v) is 1.72. The Morgan fingerprint density at radius 3 is 2.56 bits per heavy atom. The number of methoxy groups -OCH3 is 1. The molecule has 0 N–H and O–H groups in total. The molecule has 0 bridgehead atoms. The second kappa shape index (κ2) is 5.61. The third kappa shape index (κ3) is 3.63. The van der Waals surface area contributed by atoms with Crippen molar-refractivity contribution in [2.24, 2.45) is 5.92 Å². The number of carbonyl (C=O) groups excluding carboxylic acids is 1. The number of carbonyl (C=O) groups is 1. The lowest BCUT2D eigenvalue weighted by Gasteiger charge is -2.13. The van der Waals surface area contributed by atoms with Gasteiger partial charge in [-0.15, -0.1) is 0 Å². The van der Waals surface area contributed by atoms with Gasteiger partial charge in [-0.3, -0.25) is 4.79 Å². The number of hydrogen-bond donors (Lipinski definition) is 0. The Bertz CT molecular complexity index is 443. The second-order valence-corrected chi connectivity index (χ2v) is 4.34. The molecular formula is C12H12ClF3O2. The van der Waals surface area contributed by atoms with Crippen molar-refractivity contribution in [2.75, 3.05) is 7.11 Å². The normalized spacial score (nSPS) is 13.2. The minimum atomic E-state index is -4.42. The summed E-state index contributed by atoms with van der Waals surface area (Å²) in [6, 6.07) is 3.06. The van der Waals surface area contributed by atoms with Crippen molar-refractivity contribution in [2.45, 2.75) is 19.5 Å². The van der Waals surface area contributed by atoms with Crippen molar-refractivity contribution < 1.29 is 22.7 Å². The molecule has 1 aromatic carbocycles. The average molecular weight is 281 g/mol. The van der Waals surface area contributed by atoms with Gasteiger partial charge in [-0.25, -0.2) is 0 Å². The second-order valence-electron chi connectivity index (χ2n) is 3.93. The molecule has 0 radical (unpaired) electrons. The van der Waals surface area contributed by atoms with Crippen molar-refractivity contribution >= 4 is 17.6 Å². The maximum absolute atomic E-state index is 12.5. The topological polar surface area (TPSA) is 26.3 Å². The number of halogens is 4. The Labute approximate surface area is 108 Å². The smallest absolute Gasteiger partial charge is 0.416 e. The zero-order valence-corrected chi connectivity index (χ0v) is 10.6. The lowest BCUT2D eigenvalue weighted by atomic mass is 9.99. The van der Waals surface area contributed by atoms with Crippen molar-refractivity contribution in [1.82, 2.24) is 0 Å². The monoisotopic (exact) mass is 280 g/mol. The summed E-state index contributed by atoms with van der Waals surface area (Å²) >= 11 is 5.82. The van der Waals surface area contributed by atoms with Gasteiger partial charge in [-0.1, -0.05) is 18.5 Å². The summed E-state index contributed by atoms with van der Waals surface area (Å²) in [6.07, 6.45) is -4.32. The van der Waals surface area contributed by atoms with Crippen LogP contribution in [0.5, 0.6) is 0 Å². The number of benzene rings is 1. The Kier molecular flexibility index (Phi) is 4.62. The molecule has 100 valence electrons. The highest BCUT2D eigenvalue weighted by Gasteiger charge is 2.31. The summed E-state index contributed by atoms with van der Waals surface area (Å²) in [5.74, 6) is -1.03. The van der Waals surface area contributed by atoms with E-state index in [0.29, 0.717) is 0 Å². The molecule has 0 aliphatic heterocycles. The first-order valence-corrected chi connectivity index (χ1v) is 5.57. The van der Waals surface area contributed by atoms with E-state index in [1.54, 1.807) is 6.92 Å². The van der Waals surface area contributed by atoms with Crippen LogP contribution < -0.4 is 0 Å². The van der Waals surface area contributed by atoms with E-state index < -0.39 is 23.6 Å². The number of alkyl halides is 3. The van der Waals surface area contributed by atoms with Crippen LogP contribution in [0.1, 0.15) is 18.1 Å². The number of hydrogen-bond acceptors (Lipinski definition) is 2. The molecular weight excluding hydrogens is 269 g/mol. The van der Waals surface area contributed by atoms with Crippen LogP contribution in [0.4, 0.5) is 13.2 Å². The van der Waals surface area contributed by atoms with Gasteiger partial charge in [0, 0.05) is 5.02 Å². The minimum Gasteiger partial charge on any atom is -0.469 e. The van der Waals surface area contributed by atoms with Crippen LogP contribution >= 0.6 is 11.6 Å². The lowest BCUT2D eigenvalue weighted by molar-refractivity contribution is -0.144. The average Bonchev–Trinajstić information content (AvgIpc) is 2.29. The van der Waals surface area contributed by atoms with Crippen molar-refractivity contribution in [1.29, 1.82) is 0 Å². The largest absolute Gasteiger partial charge is 0.469 e. The predicted octanol–water partition coefficient (Wildman–Crippen LogP) is 3.71. The van der Waals surface area contributed by atoms with Gasteiger partial charge in [-0.05, 0) is 30.2 Å². The predicted molar refractivity (Wildman–Crippen MR) is 61.3 cm³/mol. The zero-order valence-electron chi connectivity index (χ0n) is 9.84. The highest BCUT2D eigenvalue weighted by atomic mass is 35.5. The Morgan fingerprint density at radius 1 is 1.44 bits per heavy atom. The Hall–Kier alpha value is -1.23. The molecule has 0 spiro atoms. The van der Waals surface area contributed by atoms with E-state index in [1.165, 1.54) is 13.2 Å². The van der Waals surface area contributed by atoms with Gasteiger partial charge < -0.3 is 4.74 Å². The molecule has 0 saturated carbocycles. The minimum absolute atomic E-state index is 0.107. The fourth-order valence-electron chi connectivity index (χ4n) is 1.52. The van der Waals surface area contributed by atoms with Crippen LogP contribution in [-0.2, 0) is 22.1 Å². The highest BCUT2D eigenvalue weighted by molar-refractivity contribution is 6.31. The van der Waals surface area contributed by atoms with Crippen LogP contribution in [0.3, 0.4) is 0 Å². The van der Waals surface area contributed by atoms with Crippen LogP contribution in [0.2, 0.25) is 5.02 Å². The number of esters is 1. The molecule has 6 heteroatoms. The first kappa shape index (κ1) is 14.8.